The Bertz CT molecular complexity index is 360. The zero-order valence-corrected chi connectivity index (χ0v) is 8.89. The molecule has 1 aromatic heterocycles. The summed E-state index contributed by atoms with van der Waals surface area (Å²) >= 11 is 0. The monoisotopic (exact) mass is 208 g/mol. The summed E-state index contributed by atoms with van der Waals surface area (Å²) in [6.07, 6.45) is 5.15. The summed E-state index contributed by atoms with van der Waals surface area (Å²) in [6, 6.07) is -0.0703. The molecule has 1 amide bonds. The largest absolute Gasteiger partial charge is 0.344 e. The molecule has 15 heavy (non-hydrogen) atoms. The van der Waals surface area contributed by atoms with Crippen molar-refractivity contribution < 1.29 is 4.79 Å². The molecule has 1 aliphatic heterocycles. The highest BCUT2D eigenvalue weighted by Gasteiger charge is 2.31. The molecule has 1 saturated heterocycles. The second-order valence-electron chi connectivity index (χ2n) is 3.90. The van der Waals surface area contributed by atoms with Gasteiger partial charge >= 0.3 is 0 Å². The van der Waals surface area contributed by atoms with E-state index in [0.29, 0.717) is 6.54 Å². The van der Waals surface area contributed by atoms with E-state index in [1.807, 2.05) is 11.6 Å². The van der Waals surface area contributed by atoms with Crippen LogP contribution in [0.4, 0.5) is 0 Å². The number of amides is 1. The molecule has 0 spiro atoms. The Balaban J connectivity index is 2.22. The fraction of sp³-hybridized carbons (Fsp3) is 0.600. The number of nitrogens with zero attached hydrogens (tertiary/aromatic N) is 3. The van der Waals surface area contributed by atoms with Crippen molar-refractivity contribution in [3.63, 3.8) is 0 Å². The topological polar surface area (TPSA) is 64.2 Å². The number of rotatable bonds is 3. The van der Waals surface area contributed by atoms with Crippen LogP contribution < -0.4 is 5.73 Å². The molecule has 0 bridgehead atoms. The van der Waals surface area contributed by atoms with Gasteiger partial charge in [0, 0.05) is 31.9 Å². The molecule has 0 radical (unpaired) electrons. The maximum atomic E-state index is 11.8. The number of likely N-dealkylation sites (N-methyl/N-ethyl adjacent to an activating group) is 1. The van der Waals surface area contributed by atoms with Crippen LogP contribution in [0, 0.1) is 0 Å². The summed E-state index contributed by atoms with van der Waals surface area (Å²) in [4.78, 5) is 17.6. The van der Waals surface area contributed by atoms with E-state index >= 15 is 0 Å². The predicted molar refractivity (Wildman–Crippen MR) is 56.3 cm³/mol. The molecular weight excluding hydrogens is 192 g/mol. The molecule has 5 heteroatoms. The van der Waals surface area contributed by atoms with Crippen LogP contribution in [0.5, 0.6) is 0 Å². The fourth-order valence-corrected chi connectivity index (χ4v) is 2.02. The van der Waals surface area contributed by atoms with Crippen LogP contribution in [-0.4, -0.2) is 40.5 Å². The first-order valence-corrected chi connectivity index (χ1v) is 5.19. The third kappa shape index (κ3) is 1.74. The van der Waals surface area contributed by atoms with Crippen molar-refractivity contribution in [3.05, 3.63) is 18.2 Å². The number of imidazole rings is 1. The first-order chi connectivity index (χ1) is 7.24. The Morgan fingerprint density at radius 3 is 3.07 bits per heavy atom. The van der Waals surface area contributed by atoms with Crippen LogP contribution in [0.2, 0.25) is 0 Å². The van der Waals surface area contributed by atoms with Crippen molar-refractivity contribution >= 4 is 5.91 Å². The van der Waals surface area contributed by atoms with E-state index in [-0.39, 0.29) is 11.9 Å². The molecule has 0 aliphatic carbocycles. The SMILES string of the molecule is CN1CCC(n2cncc2CCN)C1=O. The third-order valence-electron chi connectivity index (χ3n) is 2.88. The van der Waals surface area contributed by atoms with E-state index < -0.39 is 0 Å². The van der Waals surface area contributed by atoms with Gasteiger partial charge < -0.3 is 15.2 Å². The van der Waals surface area contributed by atoms with Crippen molar-refractivity contribution in [1.82, 2.24) is 14.5 Å². The van der Waals surface area contributed by atoms with Crippen molar-refractivity contribution in [1.29, 1.82) is 0 Å². The summed E-state index contributed by atoms with van der Waals surface area (Å²) in [7, 11) is 1.84. The van der Waals surface area contributed by atoms with Crippen molar-refractivity contribution in [3.8, 4) is 0 Å². The van der Waals surface area contributed by atoms with Gasteiger partial charge in [0.1, 0.15) is 6.04 Å². The van der Waals surface area contributed by atoms with E-state index in [4.69, 9.17) is 5.73 Å². The van der Waals surface area contributed by atoms with Crippen molar-refractivity contribution in [2.45, 2.75) is 18.9 Å². The molecule has 1 fully saturated rings. The molecule has 1 aromatic rings. The summed E-state index contributed by atoms with van der Waals surface area (Å²) in [6.45, 7) is 1.41. The summed E-state index contributed by atoms with van der Waals surface area (Å²) in [5.74, 6) is 0.172. The standard InChI is InChI=1S/C10H16N4O/c1-13-5-3-9(10(13)15)14-7-12-6-8(14)2-4-11/h6-7,9H,2-5,11H2,1H3. The second-order valence-corrected chi connectivity index (χ2v) is 3.90. The minimum absolute atomic E-state index is 0.0703. The minimum atomic E-state index is -0.0703. The van der Waals surface area contributed by atoms with E-state index in [1.54, 1.807) is 17.4 Å². The normalized spacial score (nSPS) is 21.3. The highest BCUT2D eigenvalue weighted by atomic mass is 16.2. The minimum Gasteiger partial charge on any atom is -0.344 e. The zero-order chi connectivity index (χ0) is 10.8. The Morgan fingerprint density at radius 2 is 2.47 bits per heavy atom. The van der Waals surface area contributed by atoms with Gasteiger partial charge in [-0.15, -0.1) is 0 Å². The molecular formula is C10H16N4O. The van der Waals surface area contributed by atoms with Crippen LogP contribution in [0.1, 0.15) is 18.2 Å². The summed E-state index contributed by atoms with van der Waals surface area (Å²) in [5, 5.41) is 0. The van der Waals surface area contributed by atoms with Crippen LogP contribution in [0.15, 0.2) is 12.5 Å². The second kappa shape index (κ2) is 4.02. The number of nitrogens with two attached hydrogens (primary N) is 1. The predicted octanol–water partition coefficient (Wildman–Crippen LogP) is -0.213. The summed E-state index contributed by atoms with van der Waals surface area (Å²) < 4.78 is 1.96. The number of hydrogen-bond donors (Lipinski definition) is 1. The van der Waals surface area contributed by atoms with Crippen LogP contribution in [0.25, 0.3) is 0 Å². The highest BCUT2D eigenvalue weighted by Crippen LogP contribution is 2.23. The van der Waals surface area contributed by atoms with Crippen LogP contribution in [-0.2, 0) is 11.2 Å². The van der Waals surface area contributed by atoms with Gasteiger partial charge in [-0.05, 0) is 13.0 Å². The van der Waals surface area contributed by atoms with Gasteiger partial charge in [0.2, 0.25) is 5.91 Å². The molecule has 2 N–H and O–H groups in total. The molecule has 1 atom stereocenters. The average Bonchev–Trinajstić information content (AvgIpc) is 2.77. The number of carbonyl (C=O) groups excluding carboxylic acids is 1. The Labute approximate surface area is 88.9 Å². The molecule has 0 saturated carbocycles. The zero-order valence-electron chi connectivity index (χ0n) is 8.89. The Kier molecular flexibility index (Phi) is 2.73. The maximum Gasteiger partial charge on any atom is 0.245 e. The van der Waals surface area contributed by atoms with Gasteiger partial charge in [-0.2, -0.15) is 0 Å². The van der Waals surface area contributed by atoms with Gasteiger partial charge in [-0.3, -0.25) is 4.79 Å². The molecule has 1 unspecified atom stereocenters. The van der Waals surface area contributed by atoms with E-state index in [2.05, 4.69) is 4.98 Å². The molecule has 82 valence electrons. The lowest BCUT2D eigenvalue weighted by atomic mass is 10.2. The molecule has 5 nitrogen and oxygen atoms in total. The Morgan fingerprint density at radius 1 is 1.67 bits per heavy atom. The highest BCUT2D eigenvalue weighted by molar-refractivity contribution is 5.82. The van der Waals surface area contributed by atoms with Crippen LogP contribution in [0.3, 0.4) is 0 Å². The van der Waals surface area contributed by atoms with Gasteiger partial charge in [0.25, 0.3) is 0 Å². The number of carbonyl (C=O) groups is 1. The number of aromatic nitrogens is 2. The number of likely N-dealkylation sites (tertiary alicyclic amines) is 1. The summed E-state index contributed by atoms with van der Waals surface area (Å²) in [5.41, 5.74) is 6.56. The van der Waals surface area contributed by atoms with Crippen molar-refractivity contribution in [2.75, 3.05) is 20.1 Å². The Hall–Kier alpha value is -1.36. The van der Waals surface area contributed by atoms with Gasteiger partial charge in [-0.1, -0.05) is 0 Å². The average molecular weight is 208 g/mol. The molecule has 2 rings (SSSR count). The molecule has 0 aromatic carbocycles. The van der Waals surface area contributed by atoms with Crippen LogP contribution >= 0.6 is 0 Å². The van der Waals surface area contributed by atoms with Gasteiger partial charge in [0.15, 0.2) is 0 Å². The van der Waals surface area contributed by atoms with Gasteiger partial charge in [-0.25, -0.2) is 4.98 Å². The third-order valence-corrected chi connectivity index (χ3v) is 2.88. The van der Waals surface area contributed by atoms with Crippen molar-refractivity contribution in [2.24, 2.45) is 5.73 Å². The molecule has 2 heterocycles. The fourth-order valence-electron chi connectivity index (χ4n) is 2.02. The van der Waals surface area contributed by atoms with E-state index in [0.717, 1.165) is 25.1 Å². The lowest BCUT2D eigenvalue weighted by molar-refractivity contribution is -0.129. The van der Waals surface area contributed by atoms with Gasteiger partial charge in [0.05, 0.1) is 6.33 Å². The first kappa shape index (κ1) is 10.2. The molecule has 1 aliphatic rings. The maximum absolute atomic E-state index is 11.8. The quantitative estimate of drug-likeness (QED) is 0.747. The smallest absolute Gasteiger partial charge is 0.245 e. The lowest BCUT2D eigenvalue weighted by Crippen LogP contribution is -2.25. The first-order valence-electron chi connectivity index (χ1n) is 5.19. The van der Waals surface area contributed by atoms with E-state index in [1.165, 1.54) is 0 Å². The van der Waals surface area contributed by atoms with E-state index in [9.17, 15) is 4.79 Å². The number of hydrogen-bond acceptors (Lipinski definition) is 3. The lowest BCUT2D eigenvalue weighted by Gasteiger charge is -2.14.